The molecule has 1 fully saturated rings. The molecule has 0 amide bonds. The first-order valence-electron chi connectivity index (χ1n) is 6.53. The number of nitrogens with two attached hydrogens (primary N) is 1. The number of hydrogen-bond donors (Lipinski definition) is 1. The highest BCUT2D eigenvalue weighted by Crippen LogP contribution is 2.21. The van der Waals surface area contributed by atoms with Gasteiger partial charge in [0.25, 0.3) is 0 Å². The summed E-state index contributed by atoms with van der Waals surface area (Å²) in [5.74, 6) is 0.929. The van der Waals surface area contributed by atoms with Crippen molar-refractivity contribution in [1.82, 2.24) is 9.88 Å². The third-order valence-electron chi connectivity index (χ3n) is 3.45. The molecule has 0 aliphatic carbocycles. The van der Waals surface area contributed by atoms with Crippen LogP contribution in [0.15, 0.2) is 35.8 Å². The summed E-state index contributed by atoms with van der Waals surface area (Å²) in [7, 11) is 0. The molecule has 1 aliphatic rings. The van der Waals surface area contributed by atoms with Gasteiger partial charge in [0.05, 0.1) is 5.69 Å². The SMILES string of the molecule is Nc1cccnc1N1CCN(Cc2cccs2)CC1. The van der Waals surface area contributed by atoms with Gasteiger partial charge in [-0.25, -0.2) is 4.98 Å². The van der Waals surface area contributed by atoms with E-state index in [0.717, 1.165) is 44.2 Å². The first-order valence-corrected chi connectivity index (χ1v) is 7.41. The molecule has 4 nitrogen and oxygen atoms in total. The number of pyridine rings is 1. The minimum Gasteiger partial charge on any atom is -0.396 e. The van der Waals surface area contributed by atoms with Crippen molar-refractivity contribution >= 4 is 22.8 Å². The Balaban J connectivity index is 1.59. The van der Waals surface area contributed by atoms with Crippen LogP contribution in [0.2, 0.25) is 0 Å². The zero-order chi connectivity index (χ0) is 13.1. The topological polar surface area (TPSA) is 45.4 Å². The van der Waals surface area contributed by atoms with E-state index in [0.29, 0.717) is 0 Å². The fourth-order valence-electron chi connectivity index (χ4n) is 2.41. The number of hydrogen-bond acceptors (Lipinski definition) is 5. The van der Waals surface area contributed by atoms with E-state index >= 15 is 0 Å². The number of nitrogens with zero attached hydrogens (tertiary/aromatic N) is 3. The Hall–Kier alpha value is -1.59. The highest BCUT2D eigenvalue weighted by Gasteiger charge is 2.19. The van der Waals surface area contributed by atoms with Crippen molar-refractivity contribution in [2.75, 3.05) is 36.8 Å². The lowest BCUT2D eigenvalue weighted by Gasteiger charge is -2.35. The van der Waals surface area contributed by atoms with Crippen LogP contribution in [0.1, 0.15) is 4.88 Å². The lowest BCUT2D eigenvalue weighted by atomic mass is 10.2. The maximum absolute atomic E-state index is 5.98. The number of rotatable bonds is 3. The molecule has 2 aromatic rings. The third kappa shape index (κ3) is 2.88. The summed E-state index contributed by atoms with van der Waals surface area (Å²) in [6, 6.07) is 8.12. The molecule has 19 heavy (non-hydrogen) atoms. The summed E-state index contributed by atoms with van der Waals surface area (Å²) in [5, 5.41) is 2.14. The predicted molar refractivity (Wildman–Crippen MR) is 80.5 cm³/mol. The van der Waals surface area contributed by atoms with Gasteiger partial charge >= 0.3 is 0 Å². The lowest BCUT2D eigenvalue weighted by Crippen LogP contribution is -2.46. The van der Waals surface area contributed by atoms with E-state index in [-0.39, 0.29) is 0 Å². The van der Waals surface area contributed by atoms with Crippen molar-refractivity contribution in [3.63, 3.8) is 0 Å². The van der Waals surface area contributed by atoms with E-state index in [1.165, 1.54) is 4.88 Å². The molecule has 1 saturated heterocycles. The van der Waals surface area contributed by atoms with Crippen LogP contribution < -0.4 is 10.6 Å². The van der Waals surface area contributed by atoms with E-state index in [1.807, 2.05) is 29.7 Å². The number of nitrogen functional groups attached to an aromatic ring is 1. The molecule has 0 atom stereocenters. The highest BCUT2D eigenvalue weighted by molar-refractivity contribution is 7.09. The summed E-state index contributed by atoms with van der Waals surface area (Å²) in [5.41, 5.74) is 6.75. The monoisotopic (exact) mass is 274 g/mol. The summed E-state index contributed by atoms with van der Waals surface area (Å²) >= 11 is 1.83. The molecule has 0 bridgehead atoms. The summed E-state index contributed by atoms with van der Waals surface area (Å²) in [6.45, 7) is 5.17. The van der Waals surface area contributed by atoms with Gasteiger partial charge in [-0.05, 0) is 23.6 Å². The number of anilines is 2. The van der Waals surface area contributed by atoms with Crippen LogP contribution in [-0.2, 0) is 6.54 Å². The maximum atomic E-state index is 5.98. The normalized spacial score (nSPS) is 16.7. The van der Waals surface area contributed by atoms with Gasteiger partial charge in [-0.15, -0.1) is 11.3 Å². The van der Waals surface area contributed by atoms with Gasteiger partial charge in [-0.1, -0.05) is 6.07 Å². The first kappa shape index (κ1) is 12.4. The zero-order valence-electron chi connectivity index (χ0n) is 10.8. The van der Waals surface area contributed by atoms with Gasteiger partial charge in [0.15, 0.2) is 5.82 Å². The minimum atomic E-state index is 0.772. The molecule has 0 aromatic carbocycles. The quantitative estimate of drug-likeness (QED) is 0.930. The fourth-order valence-corrected chi connectivity index (χ4v) is 3.16. The smallest absolute Gasteiger partial charge is 0.151 e. The third-order valence-corrected chi connectivity index (χ3v) is 4.31. The Morgan fingerprint density at radius 3 is 2.68 bits per heavy atom. The Morgan fingerprint density at radius 2 is 2.00 bits per heavy atom. The molecule has 0 saturated carbocycles. The van der Waals surface area contributed by atoms with Crippen LogP contribution in [0.5, 0.6) is 0 Å². The Bertz CT molecular complexity index is 518. The first-order chi connectivity index (χ1) is 9.33. The van der Waals surface area contributed by atoms with E-state index < -0.39 is 0 Å². The van der Waals surface area contributed by atoms with Crippen molar-refractivity contribution in [2.45, 2.75) is 6.54 Å². The molecule has 3 rings (SSSR count). The average Bonchev–Trinajstić information content (AvgIpc) is 2.93. The van der Waals surface area contributed by atoms with Crippen molar-refractivity contribution in [2.24, 2.45) is 0 Å². The number of piperazine rings is 1. The van der Waals surface area contributed by atoms with Gasteiger partial charge < -0.3 is 10.6 Å². The Kier molecular flexibility index (Phi) is 3.66. The molecule has 2 aromatic heterocycles. The van der Waals surface area contributed by atoms with Crippen LogP contribution >= 0.6 is 11.3 Å². The molecular formula is C14H18N4S. The van der Waals surface area contributed by atoms with E-state index in [9.17, 15) is 0 Å². The molecule has 100 valence electrons. The van der Waals surface area contributed by atoms with E-state index in [4.69, 9.17) is 5.73 Å². The van der Waals surface area contributed by atoms with Crippen LogP contribution in [0, 0.1) is 0 Å². The Labute approximate surface area is 117 Å². The van der Waals surface area contributed by atoms with Crippen LogP contribution in [0.25, 0.3) is 0 Å². The molecule has 1 aliphatic heterocycles. The summed E-state index contributed by atoms with van der Waals surface area (Å²) in [6.07, 6.45) is 1.81. The lowest BCUT2D eigenvalue weighted by molar-refractivity contribution is 0.251. The predicted octanol–water partition coefficient (Wildman–Crippen LogP) is 2.05. The van der Waals surface area contributed by atoms with Crippen molar-refractivity contribution in [1.29, 1.82) is 0 Å². The molecule has 2 N–H and O–H groups in total. The number of aromatic nitrogens is 1. The second kappa shape index (κ2) is 5.59. The largest absolute Gasteiger partial charge is 0.396 e. The average molecular weight is 274 g/mol. The molecule has 0 unspecified atom stereocenters. The second-order valence-corrected chi connectivity index (χ2v) is 5.79. The second-order valence-electron chi connectivity index (χ2n) is 4.76. The maximum Gasteiger partial charge on any atom is 0.151 e. The molecular weight excluding hydrogens is 256 g/mol. The van der Waals surface area contributed by atoms with Crippen molar-refractivity contribution < 1.29 is 0 Å². The van der Waals surface area contributed by atoms with Crippen LogP contribution in [0.3, 0.4) is 0 Å². The standard InChI is InChI=1S/C14H18N4S/c15-13-4-1-5-16-14(13)18-8-6-17(7-9-18)11-12-3-2-10-19-12/h1-5,10H,6-9,11,15H2. The van der Waals surface area contributed by atoms with E-state index in [2.05, 4.69) is 32.3 Å². The van der Waals surface area contributed by atoms with Gasteiger partial charge in [0, 0.05) is 43.8 Å². The van der Waals surface area contributed by atoms with Crippen LogP contribution in [0.4, 0.5) is 11.5 Å². The van der Waals surface area contributed by atoms with E-state index in [1.54, 1.807) is 0 Å². The summed E-state index contributed by atoms with van der Waals surface area (Å²) in [4.78, 5) is 10.6. The van der Waals surface area contributed by atoms with Gasteiger partial charge in [-0.3, -0.25) is 4.90 Å². The molecule has 0 radical (unpaired) electrons. The molecule has 5 heteroatoms. The van der Waals surface area contributed by atoms with Gasteiger partial charge in [0.2, 0.25) is 0 Å². The van der Waals surface area contributed by atoms with Gasteiger partial charge in [-0.2, -0.15) is 0 Å². The van der Waals surface area contributed by atoms with Gasteiger partial charge in [0.1, 0.15) is 0 Å². The fraction of sp³-hybridized carbons (Fsp3) is 0.357. The van der Waals surface area contributed by atoms with Crippen LogP contribution in [-0.4, -0.2) is 36.1 Å². The number of thiophene rings is 1. The highest BCUT2D eigenvalue weighted by atomic mass is 32.1. The van der Waals surface area contributed by atoms with Crippen molar-refractivity contribution in [3.8, 4) is 0 Å². The Morgan fingerprint density at radius 1 is 1.16 bits per heavy atom. The molecule has 3 heterocycles. The zero-order valence-corrected chi connectivity index (χ0v) is 11.6. The summed E-state index contributed by atoms with van der Waals surface area (Å²) < 4.78 is 0. The van der Waals surface area contributed by atoms with Crippen molar-refractivity contribution in [3.05, 3.63) is 40.7 Å². The molecule has 0 spiro atoms. The minimum absolute atomic E-state index is 0.772.